The lowest BCUT2D eigenvalue weighted by molar-refractivity contribution is 0.155. The highest BCUT2D eigenvalue weighted by Gasteiger charge is 2.54. The first-order valence-electron chi connectivity index (χ1n) is 6.42. The van der Waals surface area contributed by atoms with Gasteiger partial charge < -0.3 is 0 Å². The van der Waals surface area contributed by atoms with E-state index in [1.54, 1.807) is 5.57 Å². The Bertz CT molecular complexity index is 259. The van der Waals surface area contributed by atoms with Gasteiger partial charge in [-0.3, -0.25) is 0 Å². The predicted molar refractivity (Wildman–Crippen MR) is 60.0 cm³/mol. The Labute approximate surface area is 87.8 Å². The Kier molecular flexibility index (Phi) is 1.84. The minimum atomic E-state index is 0.555. The van der Waals surface area contributed by atoms with E-state index in [0.29, 0.717) is 5.41 Å². The summed E-state index contributed by atoms with van der Waals surface area (Å²) in [6.07, 6.45) is 10.3. The maximum atomic E-state index is 4.43. The second-order valence-corrected chi connectivity index (χ2v) is 6.00. The maximum absolute atomic E-state index is 4.43. The Morgan fingerprint density at radius 3 is 2.36 bits per heavy atom. The zero-order chi connectivity index (χ0) is 9.76. The van der Waals surface area contributed by atoms with Gasteiger partial charge in [-0.2, -0.15) is 0 Å². The van der Waals surface area contributed by atoms with Crippen molar-refractivity contribution in [1.82, 2.24) is 0 Å². The van der Waals surface area contributed by atoms with Crippen LogP contribution in [0, 0.1) is 23.2 Å². The number of hydrogen-bond donors (Lipinski definition) is 0. The molecule has 0 saturated heterocycles. The number of fused-ring (bicyclic) bond motifs is 2. The standard InChI is InChI=1S/C14H22/c1-10-11-7-8-13(9-11)14(10,2)12-5-3-4-6-12/h11-13H,1,3-9H2,2H3. The number of rotatable bonds is 1. The third-order valence-corrected chi connectivity index (χ3v) is 5.67. The van der Waals surface area contributed by atoms with Gasteiger partial charge in [-0.15, -0.1) is 0 Å². The highest BCUT2D eigenvalue weighted by molar-refractivity contribution is 5.26. The van der Waals surface area contributed by atoms with Gasteiger partial charge in [0.2, 0.25) is 0 Å². The van der Waals surface area contributed by atoms with Crippen LogP contribution in [-0.4, -0.2) is 0 Å². The number of allylic oxidation sites excluding steroid dienone is 1. The van der Waals surface area contributed by atoms with Crippen molar-refractivity contribution in [1.29, 1.82) is 0 Å². The second-order valence-electron chi connectivity index (χ2n) is 6.00. The average Bonchev–Trinajstić information content (AvgIpc) is 2.87. The normalized spacial score (nSPS) is 47.9. The molecule has 0 aliphatic heterocycles. The van der Waals surface area contributed by atoms with E-state index in [9.17, 15) is 0 Å². The van der Waals surface area contributed by atoms with E-state index < -0.39 is 0 Å². The zero-order valence-corrected chi connectivity index (χ0v) is 9.39. The van der Waals surface area contributed by atoms with Crippen LogP contribution in [0.4, 0.5) is 0 Å². The van der Waals surface area contributed by atoms with Gasteiger partial charge in [0, 0.05) is 0 Å². The molecule has 0 heterocycles. The smallest absolute Gasteiger partial charge is 0.00596 e. The molecule has 3 rings (SSSR count). The van der Waals surface area contributed by atoms with Gasteiger partial charge in [-0.1, -0.05) is 31.9 Å². The average molecular weight is 190 g/mol. The minimum absolute atomic E-state index is 0.555. The van der Waals surface area contributed by atoms with Crippen molar-refractivity contribution in [3.8, 4) is 0 Å². The highest BCUT2D eigenvalue weighted by atomic mass is 14.6. The number of hydrogen-bond acceptors (Lipinski definition) is 0. The lowest BCUT2D eigenvalue weighted by atomic mass is 9.63. The summed E-state index contributed by atoms with van der Waals surface area (Å²) in [4.78, 5) is 0. The van der Waals surface area contributed by atoms with Gasteiger partial charge >= 0.3 is 0 Å². The summed E-state index contributed by atoms with van der Waals surface area (Å²) < 4.78 is 0. The van der Waals surface area contributed by atoms with E-state index >= 15 is 0 Å². The van der Waals surface area contributed by atoms with Crippen LogP contribution in [0.2, 0.25) is 0 Å². The van der Waals surface area contributed by atoms with Crippen molar-refractivity contribution in [2.45, 2.75) is 51.9 Å². The van der Waals surface area contributed by atoms with Crippen LogP contribution in [0.3, 0.4) is 0 Å². The van der Waals surface area contributed by atoms with Crippen molar-refractivity contribution in [3.05, 3.63) is 12.2 Å². The molecule has 3 saturated carbocycles. The molecule has 3 atom stereocenters. The Morgan fingerprint density at radius 2 is 1.79 bits per heavy atom. The molecule has 3 aliphatic carbocycles. The lowest BCUT2D eigenvalue weighted by Crippen LogP contribution is -2.33. The molecule has 0 nitrogen and oxygen atoms in total. The van der Waals surface area contributed by atoms with Crippen LogP contribution in [0.15, 0.2) is 12.2 Å². The van der Waals surface area contributed by atoms with Gasteiger partial charge in [0.15, 0.2) is 0 Å². The van der Waals surface area contributed by atoms with Gasteiger partial charge in [0.05, 0.1) is 0 Å². The van der Waals surface area contributed by atoms with Crippen molar-refractivity contribution in [3.63, 3.8) is 0 Å². The fraction of sp³-hybridized carbons (Fsp3) is 0.857. The molecular formula is C14H22. The first-order chi connectivity index (χ1) is 6.73. The highest BCUT2D eigenvalue weighted by Crippen LogP contribution is 2.64. The van der Waals surface area contributed by atoms with E-state index in [0.717, 1.165) is 17.8 Å². The first kappa shape index (κ1) is 9.00. The monoisotopic (exact) mass is 190 g/mol. The molecule has 3 fully saturated rings. The van der Waals surface area contributed by atoms with Gasteiger partial charge in [-0.25, -0.2) is 0 Å². The molecule has 3 aliphatic rings. The van der Waals surface area contributed by atoms with Crippen molar-refractivity contribution in [2.24, 2.45) is 23.2 Å². The molecule has 0 aromatic heterocycles. The van der Waals surface area contributed by atoms with E-state index in [1.165, 1.54) is 44.9 Å². The molecule has 2 bridgehead atoms. The van der Waals surface area contributed by atoms with E-state index in [2.05, 4.69) is 13.5 Å². The lowest BCUT2D eigenvalue weighted by Gasteiger charge is -2.41. The molecule has 0 radical (unpaired) electrons. The summed E-state index contributed by atoms with van der Waals surface area (Å²) in [7, 11) is 0. The van der Waals surface area contributed by atoms with Crippen LogP contribution in [0.1, 0.15) is 51.9 Å². The van der Waals surface area contributed by atoms with Crippen molar-refractivity contribution in [2.75, 3.05) is 0 Å². The van der Waals surface area contributed by atoms with E-state index in [4.69, 9.17) is 0 Å². The molecule has 3 unspecified atom stereocenters. The Morgan fingerprint density at radius 1 is 1.07 bits per heavy atom. The summed E-state index contributed by atoms with van der Waals surface area (Å²) in [6, 6.07) is 0. The van der Waals surface area contributed by atoms with E-state index in [-0.39, 0.29) is 0 Å². The molecule has 0 aromatic rings. The maximum Gasteiger partial charge on any atom is -0.00596 e. The molecule has 0 spiro atoms. The molecule has 0 aromatic carbocycles. The Balaban J connectivity index is 1.91. The molecule has 0 N–H and O–H groups in total. The molecule has 78 valence electrons. The topological polar surface area (TPSA) is 0 Å². The molecular weight excluding hydrogens is 168 g/mol. The fourth-order valence-corrected chi connectivity index (χ4v) is 4.67. The SMILES string of the molecule is C=C1C2CCC(C2)C1(C)C1CCCC1. The van der Waals surface area contributed by atoms with Gasteiger partial charge in [-0.05, 0) is 55.3 Å². The second kappa shape index (κ2) is 2.87. The van der Waals surface area contributed by atoms with Crippen LogP contribution in [-0.2, 0) is 0 Å². The summed E-state index contributed by atoms with van der Waals surface area (Å²) in [5.74, 6) is 2.90. The van der Waals surface area contributed by atoms with Gasteiger partial charge in [0.25, 0.3) is 0 Å². The predicted octanol–water partition coefficient (Wildman–Crippen LogP) is 4.17. The van der Waals surface area contributed by atoms with Crippen LogP contribution < -0.4 is 0 Å². The zero-order valence-electron chi connectivity index (χ0n) is 9.39. The molecule has 0 amide bonds. The van der Waals surface area contributed by atoms with Crippen LogP contribution in [0.5, 0.6) is 0 Å². The van der Waals surface area contributed by atoms with E-state index in [1.807, 2.05) is 0 Å². The fourth-order valence-electron chi connectivity index (χ4n) is 4.67. The van der Waals surface area contributed by atoms with Crippen LogP contribution in [0.25, 0.3) is 0 Å². The first-order valence-corrected chi connectivity index (χ1v) is 6.42. The quantitative estimate of drug-likeness (QED) is 0.544. The third kappa shape index (κ3) is 0.951. The minimum Gasteiger partial charge on any atom is -0.0990 e. The summed E-state index contributed by atoms with van der Waals surface area (Å²) in [6.45, 7) is 6.97. The third-order valence-electron chi connectivity index (χ3n) is 5.67. The summed E-state index contributed by atoms with van der Waals surface area (Å²) in [5, 5.41) is 0. The molecule has 0 heteroatoms. The Hall–Kier alpha value is -0.260. The summed E-state index contributed by atoms with van der Waals surface area (Å²) >= 11 is 0. The van der Waals surface area contributed by atoms with Gasteiger partial charge in [0.1, 0.15) is 0 Å². The summed E-state index contributed by atoms with van der Waals surface area (Å²) in [5.41, 5.74) is 2.19. The van der Waals surface area contributed by atoms with Crippen molar-refractivity contribution >= 4 is 0 Å². The molecule has 14 heavy (non-hydrogen) atoms. The van der Waals surface area contributed by atoms with Crippen LogP contribution >= 0.6 is 0 Å². The largest absolute Gasteiger partial charge is 0.0990 e. The van der Waals surface area contributed by atoms with Crippen molar-refractivity contribution < 1.29 is 0 Å².